The van der Waals surface area contributed by atoms with Crippen LogP contribution in [0.2, 0.25) is 0 Å². The third-order valence-corrected chi connectivity index (χ3v) is 7.96. The van der Waals surface area contributed by atoms with E-state index in [0.29, 0.717) is 41.8 Å². The molecule has 0 saturated carbocycles. The van der Waals surface area contributed by atoms with Crippen molar-refractivity contribution >= 4 is 21.1 Å². The molecule has 11 nitrogen and oxygen atoms in total. The predicted octanol–water partition coefficient (Wildman–Crippen LogP) is 2.70. The Morgan fingerprint density at radius 3 is 2.55 bits per heavy atom. The summed E-state index contributed by atoms with van der Waals surface area (Å²) in [6.07, 6.45) is 2.11. The molecule has 0 saturated heterocycles. The molecule has 3 aromatic rings. The van der Waals surface area contributed by atoms with Crippen molar-refractivity contribution in [3.63, 3.8) is 0 Å². The van der Waals surface area contributed by atoms with Gasteiger partial charge in [-0.1, -0.05) is 27.2 Å². The van der Waals surface area contributed by atoms with E-state index in [0.717, 1.165) is 31.7 Å². The van der Waals surface area contributed by atoms with E-state index in [2.05, 4.69) is 33.6 Å². The van der Waals surface area contributed by atoms with Gasteiger partial charge in [0.25, 0.3) is 5.56 Å². The molecular weight excluding hydrogens is 508 g/mol. The summed E-state index contributed by atoms with van der Waals surface area (Å²) < 4.78 is 42.3. The fourth-order valence-corrected chi connectivity index (χ4v) is 5.75. The van der Waals surface area contributed by atoms with Crippen LogP contribution >= 0.6 is 0 Å². The zero-order valence-corrected chi connectivity index (χ0v) is 24.0. The number of methoxy groups -OCH3 is 1. The maximum atomic E-state index is 13.4. The van der Waals surface area contributed by atoms with Gasteiger partial charge < -0.3 is 19.4 Å². The predicted molar refractivity (Wildman–Crippen MR) is 148 cm³/mol. The maximum Gasteiger partial charge on any atom is 0.277 e. The number of aromatic amines is 1. The topological polar surface area (TPSA) is 131 Å². The maximum absolute atomic E-state index is 13.4. The first-order valence-corrected chi connectivity index (χ1v) is 14.6. The summed E-state index contributed by atoms with van der Waals surface area (Å²) >= 11 is 0. The molecule has 210 valence electrons. The summed E-state index contributed by atoms with van der Waals surface area (Å²) in [5.74, 6) is 0.646. The Labute approximate surface area is 224 Å². The summed E-state index contributed by atoms with van der Waals surface area (Å²) in [7, 11) is -0.651. The van der Waals surface area contributed by atoms with Gasteiger partial charge in [-0.15, -0.1) is 0 Å². The standard InChI is InChI=1S/C26H40N6O5S/c1-7-11-21-23-24(31(5)29-21)26(33)28-25(27-23)20-16-19(12-13-22(20)37-10-4)38(34,35)30-18(17-36-6)14-15-32(8-2)9-3/h12-13,16,18,30H,7-11,14-15,17H2,1-6H3,(H,27,28,33). The van der Waals surface area contributed by atoms with Gasteiger partial charge in [-0.05, 0) is 57.6 Å². The van der Waals surface area contributed by atoms with E-state index >= 15 is 0 Å². The molecule has 12 heteroatoms. The van der Waals surface area contributed by atoms with Crippen molar-refractivity contribution in [2.24, 2.45) is 7.05 Å². The average molecular weight is 549 g/mol. The second kappa shape index (κ2) is 13.3. The Balaban J connectivity index is 2.04. The first-order chi connectivity index (χ1) is 18.2. The number of ether oxygens (including phenoxy) is 2. The van der Waals surface area contributed by atoms with Gasteiger partial charge in [-0.3, -0.25) is 9.48 Å². The Bertz CT molecular complexity index is 1380. The molecule has 0 spiro atoms. The van der Waals surface area contributed by atoms with Crippen LogP contribution in [0.5, 0.6) is 5.75 Å². The number of aryl methyl sites for hydroxylation is 2. The van der Waals surface area contributed by atoms with Crippen LogP contribution in [0, 0.1) is 0 Å². The SMILES string of the molecule is CCCc1nn(C)c2c(=O)[nH]c(-c3cc(S(=O)(=O)NC(CCN(CC)CC)COC)ccc3OCC)nc12. The van der Waals surface area contributed by atoms with E-state index in [-0.39, 0.29) is 22.9 Å². The second-order valence-corrected chi connectivity index (χ2v) is 10.8. The summed E-state index contributed by atoms with van der Waals surface area (Å²) in [6, 6.07) is 4.17. The molecule has 1 unspecified atom stereocenters. The van der Waals surface area contributed by atoms with E-state index < -0.39 is 16.1 Å². The van der Waals surface area contributed by atoms with Gasteiger partial charge in [0, 0.05) is 20.2 Å². The number of sulfonamides is 1. The summed E-state index contributed by atoms with van der Waals surface area (Å²) in [4.78, 5) is 22.8. The summed E-state index contributed by atoms with van der Waals surface area (Å²) in [5.41, 5.74) is 1.62. The quantitative estimate of drug-likeness (QED) is 0.296. The lowest BCUT2D eigenvalue weighted by molar-refractivity contribution is 0.163. The Kier molecular flexibility index (Phi) is 10.4. The lowest BCUT2D eigenvalue weighted by atomic mass is 10.1. The third-order valence-electron chi connectivity index (χ3n) is 6.44. The van der Waals surface area contributed by atoms with Gasteiger partial charge in [0.2, 0.25) is 10.0 Å². The fraction of sp³-hybridized carbons (Fsp3) is 0.577. The van der Waals surface area contributed by atoms with Crippen molar-refractivity contribution in [1.82, 2.24) is 29.4 Å². The molecule has 0 aliphatic carbocycles. The Morgan fingerprint density at radius 1 is 1.18 bits per heavy atom. The molecule has 38 heavy (non-hydrogen) atoms. The number of nitrogens with zero attached hydrogens (tertiary/aromatic N) is 4. The Morgan fingerprint density at radius 2 is 1.92 bits per heavy atom. The molecule has 1 aromatic carbocycles. The van der Waals surface area contributed by atoms with Gasteiger partial charge in [-0.25, -0.2) is 18.1 Å². The zero-order chi connectivity index (χ0) is 27.9. The number of H-pyrrole nitrogens is 1. The van der Waals surface area contributed by atoms with Crippen LogP contribution in [0.3, 0.4) is 0 Å². The van der Waals surface area contributed by atoms with Crippen molar-refractivity contribution in [2.75, 3.05) is 40.0 Å². The minimum Gasteiger partial charge on any atom is -0.493 e. The fourth-order valence-electron chi connectivity index (χ4n) is 4.47. The molecule has 2 heterocycles. The Hall–Kier alpha value is -2.80. The first-order valence-electron chi connectivity index (χ1n) is 13.2. The number of fused-ring (bicyclic) bond motifs is 1. The van der Waals surface area contributed by atoms with Gasteiger partial charge >= 0.3 is 0 Å². The average Bonchev–Trinajstić information content (AvgIpc) is 3.20. The molecule has 0 aliphatic rings. The molecule has 0 radical (unpaired) electrons. The van der Waals surface area contributed by atoms with E-state index in [1.54, 1.807) is 20.2 Å². The van der Waals surface area contributed by atoms with Crippen molar-refractivity contribution < 1.29 is 17.9 Å². The highest BCUT2D eigenvalue weighted by molar-refractivity contribution is 7.89. The molecule has 1 atom stereocenters. The minimum atomic E-state index is -3.91. The molecule has 0 fully saturated rings. The number of benzene rings is 1. The van der Waals surface area contributed by atoms with E-state index in [9.17, 15) is 13.2 Å². The van der Waals surface area contributed by atoms with E-state index in [1.165, 1.54) is 16.8 Å². The highest BCUT2D eigenvalue weighted by atomic mass is 32.2. The zero-order valence-electron chi connectivity index (χ0n) is 23.2. The van der Waals surface area contributed by atoms with Gasteiger partial charge in [0.1, 0.15) is 17.1 Å². The van der Waals surface area contributed by atoms with E-state index in [4.69, 9.17) is 14.5 Å². The van der Waals surface area contributed by atoms with E-state index in [1.807, 2.05) is 13.8 Å². The molecule has 2 N–H and O–H groups in total. The number of hydrogen-bond acceptors (Lipinski definition) is 8. The van der Waals surface area contributed by atoms with Crippen LogP contribution < -0.4 is 15.0 Å². The molecule has 3 rings (SSSR count). The van der Waals surface area contributed by atoms with Crippen molar-refractivity contribution in [3.05, 3.63) is 34.2 Å². The molecule has 0 amide bonds. The number of rotatable bonds is 15. The molecule has 0 bridgehead atoms. The highest BCUT2D eigenvalue weighted by Gasteiger charge is 2.24. The summed E-state index contributed by atoms with van der Waals surface area (Å²) in [6.45, 7) is 11.1. The molecule has 2 aromatic heterocycles. The van der Waals surface area contributed by atoms with Crippen LogP contribution in [0.25, 0.3) is 22.4 Å². The summed E-state index contributed by atoms with van der Waals surface area (Å²) in [5, 5.41) is 4.46. The van der Waals surface area contributed by atoms with Crippen LogP contribution in [-0.2, 0) is 28.2 Å². The van der Waals surface area contributed by atoms with Crippen molar-refractivity contribution in [1.29, 1.82) is 0 Å². The lowest BCUT2D eigenvalue weighted by Crippen LogP contribution is -2.40. The molecular formula is C26H40N6O5S. The number of nitrogens with one attached hydrogen (secondary N) is 2. The van der Waals surface area contributed by atoms with Crippen LogP contribution in [0.15, 0.2) is 27.9 Å². The van der Waals surface area contributed by atoms with Crippen LogP contribution in [-0.4, -0.2) is 79.1 Å². The first kappa shape index (κ1) is 29.8. The highest BCUT2D eigenvalue weighted by Crippen LogP contribution is 2.31. The molecule has 0 aliphatic heterocycles. The van der Waals surface area contributed by atoms with Crippen molar-refractivity contribution in [2.45, 2.75) is 57.9 Å². The van der Waals surface area contributed by atoms with Gasteiger partial charge in [0.15, 0.2) is 5.52 Å². The minimum absolute atomic E-state index is 0.0441. The number of aromatic nitrogens is 4. The van der Waals surface area contributed by atoms with Crippen LogP contribution in [0.4, 0.5) is 0 Å². The largest absolute Gasteiger partial charge is 0.493 e. The monoisotopic (exact) mass is 548 g/mol. The number of hydrogen-bond donors (Lipinski definition) is 2. The second-order valence-electron chi connectivity index (χ2n) is 9.11. The smallest absolute Gasteiger partial charge is 0.277 e. The van der Waals surface area contributed by atoms with Crippen LogP contribution in [0.1, 0.15) is 46.2 Å². The normalized spacial score (nSPS) is 12.9. The third kappa shape index (κ3) is 6.79. The van der Waals surface area contributed by atoms with Gasteiger partial charge in [0.05, 0.1) is 29.4 Å². The van der Waals surface area contributed by atoms with Gasteiger partial charge in [-0.2, -0.15) is 5.10 Å². The lowest BCUT2D eigenvalue weighted by Gasteiger charge is -2.23. The van der Waals surface area contributed by atoms with Crippen molar-refractivity contribution in [3.8, 4) is 17.1 Å².